The summed E-state index contributed by atoms with van der Waals surface area (Å²) in [7, 11) is 0. The quantitative estimate of drug-likeness (QED) is 0.616. The average Bonchev–Trinajstić information content (AvgIpc) is 3.34. The van der Waals surface area contributed by atoms with Gasteiger partial charge in [0.1, 0.15) is 11.6 Å². The van der Waals surface area contributed by atoms with Gasteiger partial charge in [0.2, 0.25) is 5.91 Å². The van der Waals surface area contributed by atoms with Crippen LogP contribution in [0.5, 0.6) is 0 Å². The van der Waals surface area contributed by atoms with Gasteiger partial charge in [-0.2, -0.15) is 0 Å². The van der Waals surface area contributed by atoms with Gasteiger partial charge in [0, 0.05) is 37.0 Å². The summed E-state index contributed by atoms with van der Waals surface area (Å²) in [5.41, 5.74) is 2.61. The molecule has 4 nitrogen and oxygen atoms in total. The summed E-state index contributed by atoms with van der Waals surface area (Å²) < 4.78 is 15.9. The van der Waals surface area contributed by atoms with Gasteiger partial charge in [-0.25, -0.2) is 9.37 Å². The van der Waals surface area contributed by atoms with Crippen molar-refractivity contribution in [3.63, 3.8) is 0 Å². The predicted octanol–water partition coefficient (Wildman–Crippen LogP) is 4.98. The number of amides is 1. The van der Waals surface area contributed by atoms with Crippen molar-refractivity contribution < 1.29 is 9.18 Å². The standard InChI is InChI=1S/C25H26FN3O/c1-18-6-4-5-16-28(18)23(30)13-14-25(19-9-11-20(26)12-10-19)22-8-3-2-7-21(22)24-27-15-17-29(24)25/h2-3,7-12,15,17-18H,4-6,13-14,16H2,1H3. The highest BCUT2D eigenvalue weighted by molar-refractivity contribution is 5.78. The number of hydrogen-bond acceptors (Lipinski definition) is 2. The molecule has 1 fully saturated rings. The lowest BCUT2D eigenvalue weighted by Crippen LogP contribution is -2.43. The molecule has 1 saturated heterocycles. The zero-order chi connectivity index (χ0) is 20.7. The number of carbonyl (C=O) groups excluding carboxylic acids is 1. The monoisotopic (exact) mass is 403 g/mol. The summed E-state index contributed by atoms with van der Waals surface area (Å²) in [5.74, 6) is 0.840. The topological polar surface area (TPSA) is 38.1 Å². The number of carbonyl (C=O) groups is 1. The first-order valence-electron chi connectivity index (χ1n) is 10.8. The summed E-state index contributed by atoms with van der Waals surface area (Å²) in [4.78, 5) is 19.8. The molecule has 3 aromatic rings. The van der Waals surface area contributed by atoms with E-state index in [4.69, 9.17) is 0 Å². The van der Waals surface area contributed by atoms with Gasteiger partial charge in [-0.15, -0.1) is 0 Å². The van der Waals surface area contributed by atoms with E-state index in [9.17, 15) is 9.18 Å². The molecule has 0 spiro atoms. The molecule has 1 amide bonds. The van der Waals surface area contributed by atoms with Crippen molar-refractivity contribution >= 4 is 5.91 Å². The first-order valence-corrected chi connectivity index (χ1v) is 10.8. The minimum Gasteiger partial charge on any atom is -0.340 e. The molecule has 2 unspecified atom stereocenters. The molecule has 0 N–H and O–H groups in total. The van der Waals surface area contributed by atoms with Gasteiger partial charge in [0.05, 0.1) is 5.54 Å². The van der Waals surface area contributed by atoms with E-state index < -0.39 is 5.54 Å². The number of hydrogen-bond donors (Lipinski definition) is 0. The maximum absolute atomic E-state index is 13.8. The van der Waals surface area contributed by atoms with Crippen LogP contribution in [0, 0.1) is 5.82 Å². The Bertz CT molecular complexity index is 1070. The van der Waals surface area contributed by atoms with Crippen molar-refractivity contribution in [3.8, 4) is 11.4 Å². The summed E-state index contributed by atoms with van der Waals surface area (Å²) in [6.45, 7) is 2.99. The molecule has 2 aromatic carbocycles. The lowest BCUT2D eigenvalue weighted by atomic mass is 9.79. The van der Waals surface area contributed by atoms with E-state index in [1.807, 2.05) is 35.4 Å². The molecular formula is C25H26FN3O. The van der Waals surface area contributed by atoms with E-state index in [0.29, 0.717) is 18.9 Å². The van der Waals surface area contributed by atoms with Crippen LogP contribution in [0.1, 0.15) is 50.2 Å². The van der Waals surface area contributed by atoms with Crippen molar-refractivity contribution in [2.75, 3.05) is 6.54 Å². The molecule has 2 aliphatic rings. The van der Waals surface area contributed by atoms with Gasteiger partial charge >= 0.3 is 0 Å². The van der Waals surface area contributed by atoms with Crippen LogP contribution in [0.2, 0.25) is 0 Å². The molecular weight excluding hydrogens is 377 g/mol. The Morgan fingerprint density at radius 3 is 2.77 bits per heavy atom. The highest BCUT2D eigenvalue weighted by Crippen LogP contribution is 2.49. The first kappa shape index (κ1) is 19.0. The second-order valence-electron chi connectivity index (χ2n) is 8.47. The molecule has 0 saturated carbocycles. The van der Waals surface area contributed by atoms with Crippen LogP contribution < -0.4 is 0 Å². The molecule has 0 aliphatic carbocycles. The third kappa shape index (κ3) is 2.87. The summed E-state index contributed by atoms with van der Waals surface area (Å²) in [6.07, 6.45) is 8.17. The lowest BCUT2D eigenvalue weighted by molar-refractivity contribution is -0.134. The van der Waals surface area contributed by atoms with Crippen LogP contribution in [0.4, 0.5) is 4.39 Å². The normalized spacial score (nSPS) is 22.6. The third-order valence-corrected chi connectivity index (χ3v) is 6.81. The molecule has 154 valence electrons. The number of nitrogens with zero attached hydrogens (tertiary/aromatic N) is 3. The first-order chi connectivity index (χ1) is 14.6. The maximum Gasteiger partial charge on any atom is 0.222 e. The Morgan fingerprint density at radius 2 is 1.97 bits per heavy atom. The van der Waals surface area contributed by atoms with Crippen LogP contribution >= 0.6 is 0 Å². The zero-order valence-corrected chi connectivity index (χ0v) is 17.2. The Morgan fingerprint density at radius 1 is 1.17 bits per heavy atom. The Labute approximate surface area is 176 Å². The lowest BCUT2D eigenvalue weighted by Gasteiger charge is -2.37. The number of likely N-dealkylation sites (tertiary alicyclic amines) is 1. The van der Waals surface area contributed by atoms with Gasteiger partial charge in [-0.05, 0) is 55.9 Å². The van der Waals surface area contributed by atoms with Gasteiger partial charge < -0.3 is 9.47 Å². The largest absolute Gasteiger partial charge is 0.340 e. The maximum atomic E-state index is 13.8. The number of benzene rings is 2. The summed E-state index contributed by atoms with van der Waals surface area (Å²) >= 11 is 0. The number of rotatable bonds is 4. The van der Waals surface area contributed by atoms with E-state index in [-0.39, 0.29) is 11.7 Å². The number of aromatic nitrogens is 2. The Kier molecular flexibility index (Phi) is 4.69. The molecule has 2 atom stereocenters. The number of piperidine rings is 1. The highest BCUT2D eigenvalue weighted by atomic mass is 19.1. The number of fused-ring (bicyclic) bond motifs is 3. The van der Waals surface area contributed by atoms with Crippen molar-refractivity contribution in [1.82, 2.24) is 14.5 Å². The minimum atomic E-state index is -0.565. The molecule has 30 heavy (non-hydrogen) atoms. The highest BCUT2D eigenvalue weighted by Gasteiger charge is 2.45. The van der Waals surface area contributed by atoms with E-state index in [1.54, 1.807) is 6.20 Å². The summed E-state index contributed by atoms with van der Waals surface area (Å²) in [6, 6.07) is 15.2. The molecule has 5 heteroatoms. The van der Waals surface area contributed by atoms with E-state index in [2.05, 4.69) is 28.6 Å². The van der Waals surface area contributed by atoms with Crippen LogP contribution in [-0.4, -0.2) is 32.9 Å². The van der Waals surface area contributed by atoms with Gasteiger partial charge in [0.25, 0.3) is 0 Å². The Hall–Kier alpha value is -2.95. The fourth-order valence-corrected chi connectivity index (χ4v) is 5.30. The smallest absolute Gasteiger partial charge is 0.222 e. The van der Waals surface area contributed by atoms with Gasteiger partial charge in [-0.1, -0.05) is 36.4 Å². The second-order valence-corrected chi connectivity index (χ2v) is 8.47. The SMILES string of the molecule is CC1CCCCN1C(=O)CCC1(c2ccc(F)cc2)c2ccccc2-c2nccn21. The van der Waals surface area contributed by atoms with Crippen molar-refractivity contribution in [2.45, 2.75) is 50.6 Å². The zero-order valence-electron chi connectivity index (χ0n) is 17.2. The molecule has 2 aliphatic heterocycles. The third-order valence-electron chi connectivity index (χ3n) is 6.81. The number of imidazole rings is 1. The van der Waals surface area contributed by atoms with Gasteiger partial charge in [0.15, 0.2) is 0 Å². The van der Waals surface area contributed by atoms with Crippen molar-refractivity contribution in [2.24, 2.45) is 0 Å². The van der Waals surface area contributed by atoms with E-state index in [0.717, 1.165) is 41.9 Å². The van der Waals surface area contributed by atoms with Crippen LogP contribution in [0.3, 0.4) is 0 Å². The average molecular weight is 404 g/mol. The van der Waals surface area contributed by atoms with E-state index in [1.165, 1.54) is 18.6 Å². The van der Waals surface area contributed by atoms with Crippen molar-refractivity contribution in [1.29, 1.82) is 0 Å². The van der Waals surface area contributed by atoms with Crippen LogP contribution in [0.15, 0.2) is 60.9 Å². The fourth-order valence-electron chi connectivity index (χ4n) is 5.30. The summed E-state index contributed by atoms with van der Waals surface area (Å²) in [5, 5.41) is 0. The second kappa shape index (κ2) is 7.38. The van der Waals surface area contributed by atoms with Crippen LogP contribution in [-0.2, 0) is 10.3 Å². The number of halogens is 1. The van der Waals surface area contributed by atoms with Gasteiger partial charge in [-0.3, -0.25) is 4.79 Å². The van der Waals surface area contributed by atoms with Crippen molar-refractivity contribution in [3.05, 3.63) is 77.9 Å². The Balaban J connectivity index is 1.57. The molecule has 0 bridgehead atoms. The minimum absolute atomic E-state index is 0.203. The fraction of sp³-hybridized carbons (Fsp3) is 0.360. The molecule has 0 radical (unpaired) electrons. The predicted molar refractivity (Wildman–Crippen MR) is 115 cm³/mol. The van der Waals surface area contributed by atoms with E-state index >= 15 is 0 Å². The van der Waals surface area contributed by atoms with Crippen LogP contribution in [0.25, 0.3) is 11.4 Å². The molecule has 1 aromatic heterocycles. The molecule has 3 heterocycles. The molecule has 5 rings (SSSR count).